The summed E-state index contributed by atoms with van der Waals surface area (Å²) in [4.78, 5) is 9.43. The molecule has 0 unspecified atom stereocenters. The van der Waals surface area contributed by atoms with E-state index in [0.29, 0.717) is 13.2 Å². The van der Waals surface area contributed by atoms with Gasteiger partial charge >= 0.3 is 0 Å². The van der Waals surface area contributed by atoms with Crippen LogP contribution in [0.3, 0.4) is 0 Å². The highest BCUT2D eigenvalue weighted by Crippen LogP contribution is 2.17. The molecule has 1 heterocycles. The van der Waals surface area contributed by atoms with Gasteiger partial charge < -0.3 is 25.2 Å². The van der Waals surface area contributed by atoms with Crippen molar-refractivity contribution in [1.82, 2.24) is 20.4 Å². The average molecular weight is 515 g/mol. The lowest BCUT2D eigenvalue weighted by atomic mass is 10.2. The highest BCUT2D eigenvalue weighted by molar-refractivity contribution is 14.0. The zero-order chi connectivity index (χ0) is 20.0. The molecule has 2 rings (SSSR count). The molecule has 6 nitrogen and oxygen atoms in total. The van der Waals surface area contributed by atoms with E-state index in [0.717, 1.165) is 30.2 Å². The van der Waals surface area contributed by atoms with E-state index in [1.807, 2.05) is 25.2 Å². The summed E-state index contributed by atoms with van der Waals surface area (Å²) in [6, 6.07) is 8.05. The maximum absolute atomic E-state index is 5.71. The first-order chi connectivity index (χ1) is 13.8. The zero-order valence-electron chi connectivity index (χ0n) is 18.0. The molecule has 1 saturated heterocycles. The van der Waals surface area contributed by atoms with Crippen molar-refractivity contribution in [3.63, 3.8) is 0 Å². The van der Waals surface area contributed by atoms with Crippen LogP contribution in [0, 0.1) is 0 Å². The van der Waals surface area contributed by atoms with Crippen molar-refractivity contribution in [2.75, 3.05) is 59.5 Å². The molecular formula is C22H38IN5O. The summed E-state index contributed by atoms with van der Waals surface area (Å²) in [5, 5.41) is 6.78. The van der Waals surface area contributed by atoms with Crippen molar-refractivity contribution in [1.29, 1.82) is 0 Å². The number of unbranched alkanes of at least 4 members (excludes halogenated alkanes) is 1. The Morgan fingerprint density at radius 3 is 2.55 bits per heavy atom. The van der Waals surface area contributed by atoms with E-state index in [9.17, 15) is 0 Å². The normalized spacial score (nSPS) is 15.4. The highest BCUT2D eigenvalue weighted by Gasteiger charge is 2.14. The van der Waals surface area contributed by atoms with Crippen molar-refractivity contribution < 1.29 is 4.74 Å². The summed E-state index contributed by atoms with van der Waals surface area (Å²) in [7, 11) is 1.81. The summed E-state index contributed by atoms with van der Waals surface area (Å²) in [5.41, 5.74) is 1.11. The number of nitrogens with zero attached hydrogens (tertiary/aromatic N) is 3. The molecule has 0 atom stereocenters. The van der Waals surface area contributed by atoms with Crippen molar-refractivity contribution in [3.8, 4) is 5.75 Å². The molecule has 2 N–H and O–H groups in total. The summed E-state index contributed by atoms with van der Waals surface area (Å²) >= 11 is 0. The zero-order valence-corrected chi connectivity index (χ0v) is 20.4. The van der Waals surface area contributed by atoms with E-state index in [2.05, 4.69) is 45.0 Å². The van der Waals surface area contributed by atoms with Crippen molar-refractivity contribution >= 4 is 29.9 Å². The Morgan fingerprint density at radius 1 is 1.14 bits per heavy atom. The molecule has 1 aromatic carbocycles. The van der Waals surface area contributed by atoms with Gasteiger partial charge in [0.2, 0.25) is 0 Å². The van der Waals surface area contributed by atoms with Gasteiger partial charge in [0.1, 0.15) is 12.4 Å². The summed E-state index contributed by atoms with van der Waals surface area (Å²) in [6.45, 7) is 15.3. The lowest BCUT2D eigenvalue weighted by Gasteiger charge is -2.34. The van der Waals surface area contributed by atoms with Crippen molar-refractivity contribution in [2.45, 2.75) is 26.3 Å². The van der Waals surface area contributed by atoms with Crippen LogP contribution in [0.5, 0.6) is 5.75 Å². The number of ether oxygens (including phenoxy) is 1. The predicted molar refractivity (Wildman–Crippen MR) is 134 cm³/mol. The topological polar surface area (TPSA) is 52.1 Å². The summed E-state index contributed by atoms with van der Waals surface area (Å²) in [5.74, 6) is 1.71. The summed E-state index contributed by atoms with van der Waals surface area (Å²) < 4.78 is 5.71. The van der Waals surface area contributed by atoms with Gasteiger partial charge in [-0.05, 0) is 32.0 Å². The fraction of sp³-hybridized carbons (Fsp3) is 0.591. The third kappa shape index (κ3) is 9.82. The van der Waals surface area contributed by atoms with E-state index in [-0.39, 0.29) is 24.0 Å². The minimum absolute atomic E-state index is 0. The second kappa shape index (κ2) is 15.5. The first kappa shape index (κ1) is 25.7. The van der Waals surface area contributed by atoms with Gasteiger partial charge in [-0.1, -0.05) is 37.8 Å². The second-order valence-electron chi connectivity index (χ2n) is 7.04. The number of likely N-dealkylation sites (N-methyl/N-ethyl adjacent to an activating group) is 1. The molecule has 0 radical (unpaired) electrons. The fourth-order valence-electron chi connectivity index (χ4n) is 3.34. The Morgan fingerprint density at radius 2 is 1.86 bits per heavy atom. The molecule has 1 aliphatic heterocycles. The monoisotopic (exact) mass is 515 g/mol. The third-order valence-electron chi connectivity index (χ3n) is 5.10. The lowest BCUT2D eigenvalue weighted by Crippen LogP contribution is -2.46. The van der Waals surface area contributed by atoms with Crippen LogP contribution in [0.25, 0.3) is 0 Å². The molecule has 0 aliphatic carbocycles. The molecule has 1 aliphatic rings. The first-order valence-corrected chi connectivity index (χ1v) is 10.5. The maximum Gasteiger partial charge on any atom is 0.191 e. The van der Waals surface area contributed by atoms with E-state index in [1.165, 1.54) is 45.7 Å². The number of hydrogen-bond acceptors (Lipinski definition) is 4. The number of para-hydroxylation sites is 1. The van der Waals surface area contributed by atoms with Crippen LogP contribution in [0.15, 0.2) is 41.9 Å². The smallest absolute Gasteiger partial charge is 0.191 e. The lowest BCUT2D eigenvalue weighted by molar-refractivity contribution is 0.136. The number of benzene rings is 1. The average Bonchev–Trinajstić information content (AvgIpc) is 2.75. The standard InChI is InChI=1S/C22H37N5O.HI/c1-4-18-28-21-11-7-6-10-20(21)19-25-22(23-3)24-12-8-9-13-27-16-14-26(5-2)15-17-27;/h4,6-7,10-11H,1,5,8-9,12-19H2,2-3H3,(H2,23,24,25);1H. The van der Waals surface area contributed by atoms with Gasteiger partial charge in [0.25, 0.3) is 0 Å². The molecule has 0 aromatic heterocycles. The molecule has 0 bridgehead atoms. The van der Waals surface area contributed by atoms with Gasteiger partial charge in [-0.25, -0.2) is 0 Å². The minimum Gasteiger partial charge on any atom is -0.489 e. The molecule has 1 aromatic rings. The third-order valence-corrected chi connectivity index (χ3v) is 5.10. The van der Waals surface area contributed by atoms with Crippen LogP contribution >= 0.6 is 24.0 Å². The molecule has 164 valence electrons. The molecule has 0 saturated carbocycles. The van der Waals surface area contributed by atoms with E-state index in [4.69, 9.17) is 4.74 Å². The molecule has 0 spiro atoms. The number of guanidine groups is 1. The highest BCUT2D eigenvalue weighted by atomic mass is 127. The van der Waals surface area contributed by atoms with Gasteiger partial charge in [0.05, 0.1) is 0 Å². The summed E-state index contributed by atoms with van der Waals surface area (Å²) in [6.07, 6.45) is 4.12. The molecular weight excluding hydrogens is 477 g/mol. The number of halogens is 1. The Balaban J connectivity index is 0.00000420. The van der Waals surface area contributed by atoms with Gasteiger partial charge in [-0.3, -0.25) is 4.99 Å². The van der Waals surface area contributed by atoms with Crippen molar-refractivity contribution in [2.24, 2.45) is 4.99 Å². The molecule has 29 heavy (non-hydrogen) atoms. The number of rotatable bonds is 11. The number of hydrogen-bond donors (Lipinski definition) is 2. The van der Waals surface area contributed by atoms with Gasteiger partial charge in [-0.2, -0.15) is 0 Å². The Hall–Kier alpha value is -1.32. The second-order valence-corrected chi connectivity index (χ2v) is 7.04. The Bertz CT molecular complexity index is 603. The van der Waals surface area contributed by atoms with Crippen LogP contribution in [0.1, 0.15) is 25.3 Å². The molecule has 1 fully saturated rings. The van der Waals surface area contributed by atoms with E-state index >= 15 is 0 Å². The predicted octanol–water partition coefficient (Wildman–Crippen LogP) is 2.95. The fourth-order valence-corrected chi connectivity index (χ4v) is 3.34. The van der Waals surface area contributed by atoms with Crippen LogP contribution in [0.4, 0.5) is 0 Å². The van der Waals surface area contributed by atoms with E-state index < -0.39 is 0 Å². The van der Waals surface area contributed by atoms with Gasteiger partial charge in [0.15, 0.2) is 5.96 Å². The van der Waals surface area contributed by atoms with Crippen LogP contribution in [-0.2, 0) is 6.54 Å². The van der Waals surface area contributed by atoms with Crippen molar-refractivity contribution in [3.05, 3.63) is 42.5 Å². The van der Waals surface area contributed by atoms with E-state index in [1.54, 1.807) is 6.08 Å². The largest absolute Gasteiger partial charge is 0.489 e. The Labute approximate surface area is 193 Å². The van der Waals surface area contributed by atoms with Crippen LogP contribution in [0.2, 0.25) is 0 Å². The maximum atomic E-state index is 5.71. The minimum atomic E-state index is 0. The van der Waals surface area contributed by atoms with Crippen LogP contribution < -0.4 is 15.4 Å². The molecule has 0 amide bonds. The number of piperazine rings is 1. The Kier molecular flexibility index (Phi) is 13.8. The van der Waals surface area contributed by atoms with Crippen LogP contribution in [-0.4, -0.2) is 75.2 Å². The van der Waals surface area contributed by atoms with Gasteiger partial charge in [0, 0.05) is 51.9 Å². The van der Waals surface area contributed by atoms with Gasteiger partial charge in [-0.15, -0.1) is 24.0 Å². The molecule has 7 heteroatoms. The SMILES string of the molecule is C=CCOc1ccccc1CNC(=NC)NCCCCN1CCN(CC)CC1.I. The number of aliphatic imine (C=N–C) groups is 1. The first-order valence-electron chi connectivity index (χ1n) is 10.5. The number of nitrogens with one attached hydrogen (secondary N) is 2. The quantitative estimate of drug-likeness (QED) is 0.156.